The minimum Gasteiger partial charge on any atom is -0.354 e. The van der Waals surface area contributed by atoms with Crippen molar-refractivity contribution >= 4 is 23.2 Å². The van der Waals surface area contributed by atoms with E-state index in [2.05, 4.69) is 33.7 Å². The highest BCUT2D eigenvalue weighted by molar-refractivity contribution is 7.10. The van der Waals surface area contributed by atoms with Gasteiger partial charge in [-0.05, 0) is 35.9 Å². The summed E-state index contributed by atoms with van der Waals surface area (Å²) in [4.78, 5) is 24.2. The SMILES string of the molecule is CCC1c2ccsc2CCN1C(=O)CCNc1ncccn1. The molecular formula is C16H20N4OS. The predicted octanol–water partition coefficient (Wildman–Crippen LogP) is 2.88. The van der Waals surface area contributed by atoms with Crippen molar-refractivity contribution in [2.24, 2.45) is 0 Å². The van der Waals surface area contributed by atoms with E-state index in [4.69, 9.17) is 0 Å². The summed E-state index contributed by atoms with van der Waals surface area (Å²) in [6, 6.07) is 4.17. The van der Waals surface area contributed by atoms with Crippen molar-refractivity contribution in [2.75, 3.05) is 18.4 Å². The van der Waals surface area contributed by atoms with Crippen LogP contribution in [0, 0.1) is 0 Å². The first-order valence-electron chi connectivity index (χ1n) is 7.66. The Labute approximate surface area is 134 Å². The lowest BCUT2D eigenvalue weighted by Gasteiger charge is -2.35. The Hall–Kier alpha value is -1.95. The maximum Gasteiger partial charge on any atom is 0.224 e. The second kappa shape index (κ2) is 6.87. The van der Waals surface area contributed by atoms with Crippen LogP contribution >= 0.6 is 11.3 Å². The quantitative estimate of drug-likeness (QED) is 0.921. The van der Waals surface area contributed by atoms with Crippen LogP contribution in [0.25, 0.3) is 0 Å². The average Bonchev–Trinajstić information content (AvgIpc) is 3.03. The number of aromatic nitrogens is 2. The van der Waals surface area contributed by atoms with Crippen molar-refractivity contribution in [3.05, 3.63) is 40.3 Å². The van der Waals surface area contributed by atoms with Gasteiger partial charge < -0.3 is 10.2 Å². The van der Waals surface area contributed by atoms with Crippen LogP contribution in [-0.4, -0.2) is 33.9 Å². The molecule has 3 heterocycles. The molecule has 0 saturated heterocycles. The molecule has 0 aliphatic carbocycles. The van der Waals surface area contributed by atoms with E-state index in [9.17, 15) is 4.79 Å². The summed E-state index contributed by atoms with van der Waals surface area (Å²) in [6.07, 6.45) is 5.78. The van der Waals surface area contributed by atoms with Crippen LogP contribution in [0.4, 0.5) is 5.95 Å². The molecule has 0 spiro atoms. The largest absolute Gasteiger partial charge is 0.354 e. The summed E-state index contributed by atoms with van der Waals surface area (Å²) in [7, 11) is 0. The van der Waals surface area contributed by atoms with Crippen LogP contribution in [0.3, 0.4) is 0 Å². The number of fused-ring (bicyclic) bond motifs is 1. The zero-order chi connectivity index (χ0) is 15.4. The molecule has 3 rings (SSSR count). The summed E-state index contributed by atoms with van der Waals surface area (Å²) in [5.41, 5.74) is 1.34. The smallest absolute Gasteiger partial charge is 0.224 e. The Balaban J connectivity index is 1.58. The molecule has 0 saturated carbocycles. The predicted molar refractivity (Wildman–Crippen MR) is 87.9 cm³/mol. The Morgan fingerprint density at radius 1 is 1.45 bits per heavy atom. The molecule has 1 N–H and O–H groups in total. The van der Waals surface area contributed by atoms with E-state index < -0.39 is 0 Å². The van der Waals surface area contributed by atoms with E-state index in [1.807, 2.05) is 4.90 Å². The van der Waals surface area contributed by atoms with Crippen LogP contribution in [0.1, 0.15) is 36.2 Å². The number of carbonyl (C=O) groups is 1. The number of nitrogens with zero attached hydrogens (tertiary/aromatic N) is 3. The number of anilines is 1. The fourth-order valence-electron chi connectivity index (χ4n) is 2.95. The zero-order valence-corrected chi connectivity index (χ0v) is 13.5. The van der Waals surface area contributed by atoms with E-state index in [1.54, 1.807) is 29.8 Å². The molecule has 2 aromatic heterocycles. The molecule has 0 radical (unpaired) electrons. The molecule has 1 unspecified atom stereocenters. The number of hydrogen-bond acceptors (Lipinski definition) is 5. The van der Waals surface area contributed by atoms with Gasteiger partial charge in [0.1, 0.15) is 0 Å². The molecule has 0 fully saturated rings. The standard InChI is InChI=1S/C16H20N4OS/c1-2-13-12-6-11-22-14(12)5-10-20(13)15(21)4-9-19-16-17-7-3-8-18-16/h3,6-8,11,13H,2,4-5,9-10H2,1H3,(H,17,18,19). The summed E-state index contributed by atoms with van der Waals surface area (Å²) < 4.78 is 0. The molecule has 2 aromatic rings. The van der Waals surface area contributed by atoms with E-state index in [-0.39, 0.29) is 11.9 Å². The van der Waals surface area contributed by atoms with E-state index in [0.29, 0.717) is 18.9 Å². The molecule has 116 valence electrons. The van der Waals surface area contributed by atoms with Gasteiger partial charge in [-0.25, -0.2) is 9.97 Å². The maximum atomic E-state index is 12.5. The monoisotopic (exact) mass is 316 g/mol. The highest BCUT2D eigenvalue weighted by Crippen LogP contribution is 2.35. The van der Waals surface area contributed by atoms with Gasteiger partial charge >= 0.3 is 0 Å². The van der Waals surface area contributed by atoms with Gasteiger partial charge in [0.2, 0.25) is 11.9 Å². The van der Waals surface area contributed by atoms with Crippen LogP contribution in [0.2, 0.25) is 0 Å². The first-order valence-corrected chi connectivity index (χ1v) is 8.54. The molecule has 1 atom stereocenters. The van der Waals surface area contributed by atoms with Crippen molar-refractivity contribution in [3.63, 3.8) is 0 Å². The van der Waals surface area contributed by atoms with Gasteiger partial charge in [0, 0.05) is 36.8 Å². The summed E-state index contributed by atoms with van der Waals surface area (Å²) in [5, 5.41) is 5.23. The molecule has 0 bridgehead atoms. The van der Waals surface area contributed by atoms with Gasteiger partial charge in [0.15, 0.2) is 0 Å². The molecule has 0 aromatic carbocycles. The van der Waals surface area contributed by atoms with Crippen LogP contribution in [-0.2, 0) is 11.2 Å². The van der Waals surface area contributed by atoms with Gasteiger partial charge in [-0.3, -0.25) is 4.79 Å². The summed E-state index contributed by atoms with van der Waals surface area (Å²) in [6.45, 7) is 3.53. The number of amides is 1. The Bertz CT molecular complexity index is 628. The summed E-state index contributed by atoms with van der Waals surface area (Å²) >= 11 is 1.81. The normalized spacial score (nSPS) is 17.1. The zero-order valence-electron chi connectivity index (χ0n) is 12.7. The van der Waals surface area contributed by atoms with Gasteiger partial charge in [0.25, 0.3) is 0 Å². The van der Waals surface area contributed by atoms with E-state index in [1.165, 1.54) is 10.4 Å². The van der Waals surface area contributed by atoms with Crippen molar-refractivity contribution in [2.45, 2.75) is 32.2 Å². The molecule has 5 nitrogen and oxygen atoms in total. The van der Waals surface area contributed by atoms with Crippen molar-refractivity contribution < 1.29 is 4.79 Å². The minimum atomic E-state index is 0.201. The van der Waals surface area contributed by atoms with Gasteiger partial charge in [-0.1, -0.05) is 6.92 Å². The van der Waals surface area contributed by atoms with Crippen LogP contribution in [0.5, 0.6) is 0 Å². The number of hydrogen-bond donors (Lipinski definition) is 1. The number of rotatable bonds is 5. The molecule has 1 aliphatic heterocycles. The van der Waals surface area contributed by atoms with Crippen LogP contribution in [0.15, 0.2) is 29.9 Å². The highest BCUT2D eigenvalue weighted by Gasteiger charge is 2.29. The minimum absolute atomic E-state index is 0.201. The number of carbonyl (C=O) groups excluding carboxylic acids is 1. The van der Waals surface area contributed by atoms with Gasteiger partial charge in [-0.2, -0.15) is 0 Å². The first-order chi connectivity index (χ1) is 10.8. The number of nitrogens with one attached hydrogen (secondary N) is 1. The average molecular weight is 316 g/mol. The van der Waals surface area contributed by atoms with E-state index >= 15 is 0 Å². The second-order valence-electron chi connectivity index (χ2n) is 5.31. The lowest BCUT2D eigenvalue weighted by Crippen LogP contribution is -2.39. The maximum absolute atomic E-state index is 12.5. The lowest BCUT2D eigenvalue weighted by atomic mass is 9.97. The second-order valence-corrected chi connectivity index (χ2v) is 6.31. The summed E-state index contributed by atoms with van der Waals surface area (Å²) in [5.74, 6) is 0.772. The third-order valence-electron chi connectivity index (χ3n) is 3.99. The molecule has 1 amide bonds. The van der Waals surface area contributed by atoms with Gasteiger partial charge in [0.05, 0.1) is 6.04 Å². The molecule has 1 aliphatic rings. The van der Waals surface area contributed by atoms with Gasteiger partial charge in [-0.15, -0.1) is 11.3 Å². The first kappa shape index (κ1) is 15.0. The van der Waals surface area contributed by atoms with Crippen molar-refractivity contribution in [1.29, 1.82) is 0 Å². The Kier molecular flexibility index (Phi) is 4.68. The third-order valence-corrected chi connectivity index (χ3v) is 4.99. The van der Waals surface area contributed by atoms with Crippen molar-refractivity contribution in [3.8, 4) is 0 Å². The van der Waals surface area contributed by atoms with Crippen LogP contribution < -0.4 is 5.32 Å². The topological polar surface area (TPSA) is 58.1 Å². The molecule has 6 heteroatoms. The Morgan fingerprint density at radius 2 is 2.27 bits per heavy atom. The fraction of sp³-hybridized carbons (Fsp3) is 0.438. The van der Waals surface area contributed by atoms with Crippen molar-refractivity contribution in [1.82, 2.24) is 14.9 Å². The fourth-order valence-corrected chi connectivity index (χ4v) is 3.88. The van der Waals surface area contributed by atoms with E-state index in [0.717, 1.165) is 19.4 Å². The number of thiophene rings is 1. The lowest BCUT2D eigenvalue weighted by molar-refractivity contribution is -0.133. The third kappa shape index (κ3) is 3.11. The molecular weight excluding hydrogens is 296 g/mol. The highest BCUT2D eigenvalue weighted by atomic mass is 32.1. The Morgan fingerprint density at radius 3 is 3.05 bits per heavy atom. The molecule has 22 heavy (non-hydrogen) atoms.